The van der Waals surface area contributed by atoms with Crippen LogP contribution in [0, 0.1) is 10.1 Å². The highest BCUT2D eigenvalue weighted by molar-refractivity contribution is 5.99. The molecule has 0 atom stereocenters. The number of hydrogen-bond acceptors (Lipinski definition) is 4. The van der Waals surface area contributed by atoms with Crippen molar-refractivity contribution >= 4 is 22.1 Å². The first-order valence-corrected chi connectivity index (χ1v) is 5.49. The minimum Gasteiger partial charge on any atom is -0.381 e. The first kappa shape index (κ1) is 12.0. The van der Waals surface area contributed by atoms with Crippen LogP contribution in [0.25, 0.3) is 10.8 Å². The molecular weight excluding hydrogens is 230 g/mol. The van der Waals surface area contributed by atoms with Crippen molar-refractivity contribution in [2.24, 2.45) is 0 Å². The van der Waals surface area contributed by atoms with Crippen LogP contribution < -0.4 is 5.32 Å². The lowest BCUT2D eigenvalue weighted by Gasteiger charge is -2.09. The van der Waals surface area contributed by atoms with Gasteiger partial charge in [-0.1, -0.05) is 12.2 Å². The summed E-state index contributed by atoms with van der Waals surface area (Å²) in [5.74, 6) is 0. The van der Waals surface area contributed by atoms with Crippen LogP contribution in [0.5, 0.6) is 0 Å². The third-order valence-electron chi connectivity index (χ3n) is 2.57. The van der Waals surface area contributed by atoms with Gasteiger partial charge in [0, 0.05) is 36.1 Å². The highest BCUT2D eigenvalue weighted by Crippen LogP contribution is 2.30. The predicted octanol–water partition coefficient (Wildman–Crippen LogP) is 3.13. The Kier molecular flexibility index (Phi) is 3.23. The average molecular weight is 243 g/mol. The summed E-state index contributed by atoms with van der Waals surface area (Å²) in [5.41, 5.74) is 1.91. The van der Waals surface area contributed by atoms with Crippen LogP contribution in [0.2, 0.25) is 0 Å². The van der Waals surface area contributed by atoms with E-state index in [-0.39, 0.29) is 5.69 Å². The standard InChI is InChI=1S/C13H13N3O2/c1-9(2)7-15-12-3-4-13(16(17)18)11-8-14-6-5-10(11)12/h3-6,8,15H,1,7H2,2H3. The first-order chi connectivity index (χ1) is 8.59. The minimum absolute atomic E-state index is 0.0685. The minimum atomic E-state index is -0.396. The Bertz CT molecular complexity index is 623. The molecule has 2 aromatic rings. The summed E-state index contributed by atoms with van der Waals surface area (Å²) >= 11 is 0. The topological polar surface area (TPSA) is 68.1 Å². The Labute approximate surface area is 104 Å². The van der Waals surface area contributed by atoms with Crippen LogP contribution in [0.15, 0.2) is 42.7 Å². The quantitative estimate of drug-likeness (QED) is 0.509. The number of pyridine rings is 1. The molecule has 0 aliphatic rings. The second-order valence-electron chi connectivity index (χ2n) is 4.12. The molecule has 0 saturated heterocycles. The van der Waals surface area contributed by atoms with Gasteiger partial charge in [-0.05, 0) is 19.1 Å². The van der Waals surface area contributed by atoms with Gasteiger partial charge in [0.15, 0.2) is 0 Å². The first-order valence-electron chi connectivity index (χ1n) is 5.49. The number of fused-ring (bicyclic) bond motifs is 1. The second kappa shape index (κ2) is 4.83. The van der Waals surface area contributed by atoms with E-state index in [0.717, 1.165) is 16.6 Å². The van der Waals surface area contributed by atoms with Crippen molar-refractivity contribution in [3.8, 4) is 0 Å². The number of nitrogens with zero attached hydrogens (tertiary/aromatic N) is 2. The molecule has 1 aromatic heterocycles. The number of anilines is 1. The lowest BCUT2D eigenvalue weighted by molar-refractivity contribution is -0.383. The molecular formula is C13H13N3O2. The van der Waals surface area contributed by atoms with E-state index in [0.29, 0.717) is 11.9 Å². The molecule has 92 valence electrons. The fourth-order valence-corrected chi connectivity index (χ4v) is 1.73. The highest BCUT2D eigenvalue weighted by Gasteiger charge is 2.13. The summed E-state index contributed by atoms with van der Waals surface area (Å²) in [5, 5.41) is 15.5. The van der Waals surface area contributed by atoms with Gasteiger partial charge in [0.1, 0.15) is 0 Å². The number of rotatable bonds is 4. The van der Waals surface area contributed by atoms with E-state index in [1.807, 2.05) is 6.92 Å². The zero-order valence-corrected chi connectivity index (χ0v) is 10.0. The van der Waals surface area contributed by atoms with Gasteiger partial charge in [0.2, 0.25) is 0 Å². The van der Waals surface area contributed by atoms with Gasteiger partial charge in [-0.25, -0.2) is 0 Å². The number of nitro benzene ring substituents is 1. The summed E-state index contributed by atoms with van der Waals surface area (Å²) in [6, 6.07) is 4.97. The maximum absolute atomic E-state index is 10.9. The van der Waals surface area contributed by atoms with Crippen LogP contribution >= 0.6 is 0 Å². The van der Waals surface area contributed by atoms with Crippen molar-refractivity contribution in [2.75, 3.05) is 11.9 Å². The summed E-state index contributed by atoms with van der Waals surface area (Å²) in [4.78, 5) is 14.5. The molecule has 5 heteroatoms. The summed E-state index contributed by atoms with van der Waals surface area (Å²) < 4.78 is 0. The number of hydrogen-bond donors (Lipinski definition) is 1. The van der Waals surface area contributed by atoms with E-state index in [2.05, 4.69) is 16.9 Å². The molecule has 0 radical (unpaired) electrons. The van der Waals surface area contributed by atoms with Crippen molar-refractivity contribution in [1.29, 1.82) is 0 Å². The molecule has 0 saturated carbocycles. The molecule has 1 aromatic carbocycles. The Morgan fingerprint density at radius 2 is 2.22 bits per heavy atom. The SMILES string of the molecule is C=C(C)CNc1ccc([N+](=O)[O-])c2cnccc12. The van der Waals surface area contributed by atoms with Gasteiger partial charge in [-0.2, -0.15) is 0 Å². The summed E-state index contributed by atoms with van der Waals surface area (Å²) in [7, 11) is 0. The van der Waals surface area contributed by atoms with E-state index in [4.69, 9.17) is 0 Å². The summed E-state index contributed by atoms with van der Waals surface area (Å²) in [6.45, 7) is 6.37. The zero-order chi connectivity index (χ0) is 13.1. The van der Waals surface area contributed by atoms with Crippen LogP contribution in [0.4, 0.5) is 11.4 Å². The zero-order valence-electron chi connectivity index (χ0n) is 10.0. The number of non-ortho nitro benzene ring substituents is 1. The molecule has 1 heterocycles. The van der Waals surface area contributed by atoms with E-state index in [1.54, 1.807) is 18.3 Å². The van der Waals surface area contributed by atoms with Crippen molar-refractivity contribution in [3.05, 3.63) is 52.9 Å². The molecule has 0 bridgehead atoms. The largest absolute Gasteiger partial charge is 0.381 e. The molecule has 0 amide bonds. The van der Waals surface area contributed by atoms with Gasteiger partial charge in [0.05, 0.1) is 10.3 Å². The van der Waals surface area contributed by atoms with Gasteiger partial charge in [0.25, 0.3) is 5.69 Å². The van der Waals surface area contributed by atoms with Gasteiger partial charge in [-0.15, -0.1) is 0 Å². The third-order valence-corrected chi connectivity index (χ3v) is 2.57. The van der Waals surface area contributed by atoms with Crippen molar-refractivity contribution in [2.45, 2.75) is 6.92 Å². The Balaban J connectivity index is 2.53. The number of nitro groups is 1. The molecule has 2 rings (SSSR count). The Morgan fingerprint density at radius 1 is 1.44 bits per heavy atom. The number of aromatic nitrogens is 1. The number of nitrogens with one attached hydrogen (secondary N) is 1. The second-order valence-corrected chi connectivity index (χ2v) is 4.12. The lowest BCUT2D eigenvalue weighted by atomic mass is 10.1. The highest BCUT2D eigenvalue weighted by atomic mass is 16.6. The number of benzene rings is 1. The van der Waals surface area contributed by atoms with E-state index >= 15 is 0 Å². The fraction of sp³-hybridized carbons (Fsp3) is 0.154. The van der Waals surface area contributed by atoms with E-state index in [9.17, 15) is 10.1 Å². The van der Waals surface area contributed by atoms with Crippen LogP contribution in [0.3, 0.4) is 0 Å². The predicted molar refractivity (Wildman–Crippen MR) is 71.7 cm³/mol. The fourth-order valence-electron chi connectivity index (χ4n) is 1.73. The van der Waals surface area contributed by atoms with E-state index in [1.165, 1.54) is 12.3 Å². The lowest BCUT2D eigenvalue weighted by Crippen LogP contribution is -2.03. The Morgan fingerprint density at radius 3 is 2.89 bits per heavy atom. The van der Waals surface area contributed by atoms with Crippen LogP contribution in [-0.2, 0) is 0 Å². The third kappa shape index (κ3) is 2.29. The molecule has 0 fully saturated rings. The van der Waals surface area contributed by atoms with Crippen LogP contribution in [-0.4, -0.2) is 16.5 Å². The smallest absolute Gasteiger partial charge is 0.278 e. The maximum atomic E-state index is 10.9. The van der Waals surface area contributed by atoms with Gasteiger partial charge < -0.3 is 5.32 Å². The van der Waals surface area contributed by atoms with Gasteiger partial charge >= 0.3 is 0 Å². The molecule has 0 unspecified atom stereocenters. The van der Waals surface area contributed by atoms with Gasteiger partial charge in [-0.3, -0.25) is 15.1 Å². The van der Waals surface area contributed by atoms with Crippen LogP contribution in [0.1, 0.15) is 6.92 Å². The van der Waals surface area contributed by atoms with Crippen molar-refractivity contribution < 1.29 is 4.92 Å². The van der Waals surface area contributed by atoms with E-state index < -0.39 is 4.92 Å². The average Bonchev–Trinajstić information content (AvgIpc) is 2.35. The molecule has 18 heavy (non-hydrogen) atoms. The van der Waals surface area contributed by atoms with Crippen molar-refractivity contribution in [1.82, 2.24) is 4.98 Å². The normalized spacial score (nSPS) is 10.3. The molecule has 5 nitrogen and oxygen atoms in total. The van der Waals surface area contributed by atoms with Crippen molar-refractivity contribution in [3.63, 3.8) is 0 Å². The summed E-state index contributed by atoms with van der Waals surface area (Å²) in [6.07, 6.45) is 3.14. The molecule has 0 aliphatic carbocycles. The molecule has 1 N–H and O–H groups in total. The molecule has 0 spiro atoms. The molecule has 0 aliphatic heterocycles. The monoisotopic (exact) mass is 243 g/mol. The maximum Gasteiger partial charge on any atom is 0.278 e. The Hall–Kier alpha value is -2.43.